The van der Waals surface area contributed by atoms with E-state index in [-0.39, 0.29) is 0 Å². The summed E-state index contributed by atoms with van der Waals surface area (Å²) in [5, 5.41) is 3.17. The monoisotopic (exact) mass is 213 g/mol. The van der Waals surface area contributed by atoms with E-state index in [9.17, 15) is 0 Å². The van der Waals surface area contributed by atoms with E-state index in [0.29, 0.717) is 18.4 Å². The van der Waals surface area contributed by atoms with Gasteiger partial charge < -0.3 is 10.6 Å². The van der Waals surface area contributed by atoms with Crippen LogP contribution in [-0.2, 0) is 0 Å². The van der Waals surface area contributed by atoms with Crippen LogP contribution in [0.1, 0.15) is 25.5 Å². The summed E-state index contributed by atoms with van der Waals surface area (Å²) in [5.41, 5.74) is 6.88. The SMILES string of the molecule is CC(C)C(CN)c1csc(N(C)C)n1. The van der Waals surface area contributed by atoms with Gasteiger partial charge in [0.25, 0.3) is 0 Å². The molecule has 0 aliphatic heterocycles. The molecule has 0 saturated heterocycles. The molecule has 0 aliphatic rings. The van der Waals surface area contributed by atoms with Gasteiger partial charge in [0.15, 0.2) is 5.13 Å². The van der Waals surface area contributed by atoms with Crippen LogP contribution in [0.3, 0.4) is 0 Å². The zero-order chi connectivity index (χ0) is 10.7. The maximum Gasteiger partial charge on any atom is 0.184 e. The summed E-state index contributed by atoms with van der Waals surface area (Å²) in [7, 11) is 4.02. The van der Waals surface area contributed by atoms with E-state index in [1.807, 2.05) is 19.0 Å². The molecule has 14 heavy (non-hydrogen) atoms. The largest absolute Gasteiger partial charge is 0.354 e. The Balaban J connectivity index is 2.84. The van der Waals surface area contributed by atoms with Crippen molar-refractivity contribution < 1.29 is 0 Å². The molecule has 0 saturated carbocycles. The standard InChI is InChI=1S/C10H19N3S/c1-7(2)8(5-11)9-6-14-10(12-9)13(3)4/h6-8H,5,11H2,1-4H3. The third-order valence-corrected chi connectivity index (χ3v) is 3.36. The number of nitrogens with two attached hydrogens (primary N) is 1. The van der Waals surface area contributed by atoms with Crippen LogP contribution in [0.2, 0.25) is 0 Å². The molecular formula is C10H19N3S. The topological polar surface area (TPSA) is 42.1 Å². The Morgan fingerprint density at radius 1 is 1.50 bits per heavy atom. The van der Waals surface area contributed by atoms with E-state index in [0.717, 1.165) is 10.8 Å². The van der Waals surface area contributed by atoms with Crippen LogP contribution in [0.25, 0.3) is 0 Å². The Kier molecular flexibility index (Phi) is 3.89. The second-order valence-corrected chi connectivity index (χ2v) is 4.87. The molecule has 0 aliphatic carbocycles. The van der Waals surface area contributed by atoms with Crippen LogP contribution >= 0.6 is 11.3 Å². The van der Waals surface area contributed by atoms with Gasteiger partial charge >= 0.3 is 0 Å². The summed E-state index contributed by atoms with van der Waals surface area (Å²) in [4.78, 5) is 6.60. The van der Waals surface area contributed by atoms with Gasteiger partial charge in [-0.25, -0.2) is 4.98 Å². The Morgan fingerprint density at radius 2 is 2.14 bits per heavy atom. The molecule has 1 rings (SSSR count). The summed E-state index contributed by atoms with van der Waals surface area (Å²) in [6, 6.07) is 0. The molecule has 0 radical (unpaired) electrons. The predicted octanol–water partition coefficient (Wildman–Crippen LogP) is 1.91. The van der Waals surface area contributed by atoms with Gasteiger partial charge in [-0.2, -0.15) is 0 Å². The summed E-state index contributed by atoms with van der Waals surface area (Å²) in [5.74, 6) is 0.942. The van der Waals surface area contributed by atoms with Crippen LogP contribution in [0, 0.1) is 5.92 Å². The van der Waals surface area contributed by atoms with Crippen molar-refractivity contribution in [3.63, 3.8) is 0 Å². The molecule has 0 bridgehead atoms. The Labute approximate surface area is 89.9 Å². The maximum atomic E-state index is 5.74. The lowest BCUT2D eigenvalue weighted by Gasteiger charge is -2.16. The second-order valence-electron chi connectivity index (χ2n) is 4.04. The first-order valence-corrected chi connectivity index (χ1v) is 5.77. The minimum absolute atomic E-state index is 0.389. The Bertz CT molecular complexity index is 281. The summed E-state index contributed by atoms with van der Waals surface area (Å²) in [6.07, 6.45) is 0. The van der Waals surface area contributed by atoms with E-state index in [4.69, 9.17) is 5.73 Å². The molecule has 1 aromatic heterocycles. The summed E-state index contributed by atoms with van der Waals surface area (Å²) in [6.45, 7) is 5.05. The predicted molar refractivity (Wildman–Crippen MR) is 63.1 cm³/mol. The molecule has 0 aromatic carbocycles. The van der Waals surface area contributed by atoms with Crippen molar-refractivity contribution in [3.8, 4) is 0 Å². The molecule has 1 atom stereocenters. The number of anilines is 1. The van der Waals surface area contributed by atoms with Crippen molar-refractivity contribution >= 4 is 16.5 Å². The van der Waals surface area contributed by atoms with Gasteiger partial charge in [-0.15, -0.1) is 11.3 Å². The van der Waals surface area contributed by atoms with Gasteiger partial charge in [0.1, 0.15) is 0 Å². The number of hydrogen-bond acceptors (Lipinski definition) is 4. The summed E-state index contributed by atoms with van der Waals surface area (Å²) >= 11 is 1.68. The highest BCUT2D eigenvalue weighted by Crippen LogP contribution is 2.27. The van der Waals surface area contributed by atoms with E-state index >= 15 is 0 Å². The van der Waals surface area contributed by atoms with Crippen LogP contribution in [0.15, 0.2) is 5.38 Å². The molecule has 80 valence electrons. The quantitative estimate of drug-likeness (QED) is 0.830. The van der Waals surface area contributed by atoms with Crippen LogP contribution in [0.5, 0.6) is 0 Å². The highest BCUT2D eigenvalue weighted by Gasteiger charge is 2.17. The fraction of sp³-hybridized carbons (Fsp3) is 0.700. The zero-order valence-corrected chi connectivity index (χ0v) is 10.1. The first-order valence-electron chi connectivity index (χ1n) is 4.89. The van der Waals surface area contributed by atoms with E-state index in [1.54, 1.807) is 11.3 Å². The van der Waals surface area contributed by atoms with Gasteiger partial charge in [-0.1, -0.05) is 13.8 Å². The lowest BCUT2D eigenvalue weighted by molar-refractivity contribution is 0.498. The van der Waals surface area contributed by atoms with Gasteiger partial charge in [0.2, 0.25) is 0 Å². The first-order chi connectivity index (χ1) is 6.56. The third kappa shape index (κ3) is 2.45. The molecule has 0 fully saturated rings. The molecule has 1 unspecified atom stereocenters. The normalized spacial score (nSPS) is 13.3. The Hall–Kier alpha value is -0.610. The van der Waals surface area contributed by atoms with E-state index in [2.05, 4.69) is 24.2 Å². The first kappa shape index (κ1) is 11.5. The lowest BCUT2D eigenvalue weighted by Crippen LogP contribution is -2.18. The smallest absolute Gasteiger partial charge is 0.184 e. The molecule has 1 heterocycles. The fourth-order valence-corrected chi connectivity index (χ4v) is 2.21. The van der Waals surface area contributed by atoms with Gasteiger partial charge in [-0.3, -0.25) is 0 Å². The lowest BCUT2D eigenvalue weighted by atomic mass is 9.93. The second kappa shape index (κ2) is 4.75. The highest BCUT2D eigenvalue weighted by molar-refractivity contribution is 7.13. The molecule has 4 heteroatoms. The van der Waals surface area contributed by atoms with Gasteiger partial charge in [-0.05, 0) is 5.92 Å². The van der Waals surface area contributed by atoms with E-state index < -0.39 is 0 Å². The Morgan fingerprint density at radius 3 is 2.50 bits per heavy atom. The zero-order valence-electron chi connectivity index (χ0n) is 9.32. The molecule has 0 amide bonds. The minimum Gasteiger partial charge on any atom is -0.354 e. The average molecular weight is 213 g/mol. The molecule has 2 N–H and O–H groups in total. The number of rotatable bonds is 4. The van der Waals surface area contributed by atoms with E-state index in [1.165, 1.54) is 0 Å². The summed E-state index contributed by atoms with van der Waals surface area (Å²) < 4.78 is 0. The van der Waals surface area contributed by atoms with Crippen molar-refractivity contribution in [1.82, 2.24) is 4.98 Å². The van der Waals surface area contributed by atoms with Crippen LogP contribution in [0.4, 0.5) is 5.13 Å². The molecular weight excluding hydrogens is 194 g/mol. The van der Waals surface area contributed by atoms with Gasteiger partial charge in [0.05, 0.1) is 5.69 Å². The van der Waals surface area contributed by atoms with Crippen molar-refractivity contribution in [2.75, 3.05) is 25.5 Å². The molecule has 1 aromatic rings. The number of hydrogen-bond donors (Lipinski definition) is 1. The highest BCUT2D eigenvalue weighted by atomic mass is 32.1. The van der Waals surface area contributed by atoms with Crippen molar-refractivity contribution in [2.45, 2.75) is 19.8 Å². The fourth-order valence-electron chi connectivity index (χ4n) is 1.39. The number of thiazole rings is 1. The molecule has 0 spiro atoms. The van der Waals surface area contributed by atoms with Crippen molar-refractivity contribution in [1.29, 1.82) is 0 Å². The molecule has 3 nitrogen and oxygen atoms in total. The number of aromatic nitrogens is 1. The van der Waals surface area contributed by atoms with Crippen molar-refractivity contribution in [2.24, 2.45) is 11.7 Å². The third-order valence-electron chi connectivity index (χ3n) is 2.33. The average Bonchev–Trinajstić information content (AvgIpc) is 2.53. The minimum atomic E-state index is 0.389. The van der Waals surface area contributed by atoms with Crippen molar-refractivity contribution in [3.05, 3.63) is 11.1 Å². The van der Waals surface area contributed by atoms with Gasteiger partial charge in [0, 0.05) is 31.9 Å². The number of nitrogens with zero attached hydrogens (tertiary/aromatic N) is 2. The van der Waals surface area contributed by atoms with Crippen LogP contribution < -0.4 is 10.6 Å². The maximum absolute atomic E-state index is 5.74. The van der Waals surface area contributed by atoms with Crippen LogP contribution in [-0.4, -0.2) is 25.6 Å².